The quantitative estimate of drug-likeness (QED) is 0.406. The van der Waals surface area contributed by atoms with Gasteiger partial charge in [-0.25, -0.2) is 0 Å². The summed E-state index contributed by atoms with van der Waals surface area (Å²) in [5, 5.41) is 0. The van der Waals surface area contributed by atoms with Crippen LogP contribution in [0, 0.1) is 0 Å². The van der Waals surface area contributed by atoms with Crippen molar-refractivity contribution in [2.24, 2.45) is 9.98 Å². The second-order valence-electron chi connectivity index (χ2n) is 4.35. The van der Waals surface area contributed by atoms with E-state index in [1.807, 2.05) is 51.8 Å². The zero-order valence-electron chi connectivity index (χ0n) is 11.6. The lowest BCUT2D eigenvalue weighted by Gasteiger charge is -2.11. The van der Waals surface area contributed by atoms with Gasteiger partial charge in [-0.1, -0.05) is 0 Å². The topological polar surface area (TPSA) is 31.2 Å². The Bertz CT molecular complexity index is 215. The fourth-order valence-corrected chi connectivity index (χ4v) is 0.988. The summed E-state index contributed by atoms with van der Waals surface area (Å²) in [5.74, 6) is 2.18. The highest BCUT2D eigenvalue weighted by molar-refractivity contribution is 5.79. The molecule has 0 aromatic rings. The summed E-state index contributed by atoms with van der Waals surface area (Å²) in [5.41, 5.74) is 0. The van der Waals surface area contributed by atoms with Crippen molar-refractivity contribution in [3.8, 4) is 0 Å². The summed E-state index contributed by atoms with van der Waals surface area (Å²) >= 11 is 0. The van der Waals surface area contributed by atoms with Crippen LogP contribution < -0.4 is 0 Å². The Morgan fingerprint density at radius 3 is 1.31 bits per heavy atom. The summed E-state index contributed by atoms with van der Waals surface area (Å²) in [6.07, 6.45) is 2.21. The lowest BCUT2D eigenvalue weighted by Crippen LogP contribution is -2.19. The van der Waals surface area contributed by atoms with Crippen molar-refractivity contribution >= 4 is 11.7 Å². The highest BCUT2D eigenvalue weighted by Gasteiger charge is 1.93. The molecule has 16 heavy (non-hydrogen) atoms. The predicted octanol–water partition coefficient (Wildman–Crippen LogP) is 1.73. The van der Waals surface area contributed by atoms with Crippen molar-refractivity contribution in [1.82, 2.24) is 9.80 Å². The molecule has 0 aliphatic carbocycles. The first kappa shape index (κ1) is 14.9. The van der Waals surface area contributed by atoms with Gasteiger partial charge in [0, 0.05) is 41.3 Å². The molecular weight excluding hydrogens is 200 g/mol. The van der Waals surface area contributed by atoms with Crippen LogP contribution in [0.15, 0.2) is 9.98 Å². The van der Waals surface area contributed by atoms with Crippen molar-refractivity contribution in [1.29, 1.82) is 0 Å². The first-order valence-electron chi connectivity index (χ1n) is 5.82. The Balaban J connectivity index is 3.63. The van der Waals surface area contributed by atoms with Crippen LogP contribution in [0.2, 0.25) is 0 Å². The molecule has 0 aliphatic heterocycles. The molecule has 0 spiro atoms. The molecule has 0 saturated heterocycles. The largest absolute Gasteiger partial charge is 0.367 e. The number of rotatable bonds is 5. The number of unbranched alkanes of at least 4 members (excludes halogenated alkanes) is 1. The van der Waals surface area contributed by atoms with Crippen LogP contribution in [0.1, 0.15) is 26.7 Å². The van der Waals surface area contributed by atoms with Gasteiger partial charge >= 0.3 is 0 Å². The number of aliphatic imine (C=N–C) groups is 2. The Morgan fingerprint density at radius 1 is 0.750 bits per heavy atom. The van der Waals surface area contributed by atoms with E-state index < -0.39 is 0 Å². The molecule has 0 aromatic carbocycles. The molecule has 0 saturated carbocycles. The zero-order valence-corrected chi connectivity index (χ0v) is 11.6. The van der Waals surface area contributed by atoms with Crippen LogP contribution >= 0.6 is 0 Å². The number of hydrogen-bond donors (Lipinski definition) is 0. The summed E-state index contributed by atoms with van der Waals surface area (Å²) in [4.78, 5) is 13.0. The predicted molar refractivity (Wildman–Crippen MR) is 72.6 cm³/mol. The Kier molecular flexibility index (Phi) is 7.60. The molecule has 4 nitrogen and oxygen atoms in total. The van der Waals surface area contributed by atoms with Gasteiger partial charge in [-0.3, -0.25) is 9.98 Å². The molecule has 0 bridgehead atoms. The van der Waals surface area contributed by atoms with E-state index in [9.17, 15) is 0 Å². The third kappa shape index (κ3) is 7.26. The number of amidine groups is 2. The van der Waals surface area contributed by atoms with E-state index >= 15 is 0 Å². The first-order chi connectivity index (χ1) is 7.45. The van der Waals surface area contributed by atoms with E-state index in [2.05, 4.69) is 9.98 Å². The van der Waals surface area contributed by atoms with E-state index in [1.54, 1.807) is 0 Å². The molecule has 0 N–H and O–H groups in total. The Morgan fingerprint density at radius 2 is 1.06 bits per heavy atom. The third-order valence-corrected chi connectivity index (χ3v) is 2.54. The molecule has 0 radical (unpaired) electrons. The smallest absolute Gasteiger partial charge is 0.0952 e. The molecule has 94 valence electrons. The highest BCUT2D eigenvalue weighted by Crippen LogP contribution is 1.94. The van der Waals surface area contributed by atoms with Crippen molar-refractivity contribution in [2.75, 3.05) is 41.3 Å². The highest BCUT2D eigenvalue weighted by atomic mass is 15.1. The second-order valence-corrected chi connectivity index (χ2v) is 4.35. The Hall–Kier alpha value is -1.06. The third-order valence-electron chi connectivity index (χ3n) is 2.54. The SMILES string of the molecule is CC(=NCCCCN=C(C)N(C)C)N(C)C. The second kappa shape index (κ2) is 8.13. The van der Waals surface area contributed by atoms with E-state index in [4.69, 9.17) is 0 Å². The molecule has 0 amide bonds. The van der Waals surface area contributed by atoms with Gasteiger partial charge in [-0.2, -0.15) is 0 Å². The summed E-state index contributed by atoms with van der Waals surface area (Å²) in [6, 6.07) is 0. The van der Waals surface area contributed by atoms with E-state index in [0.717, 1.165) is 37.6 Å². The molecule has 0 rings (SSSR count). The van der Waals surface area contributed by atoms with Crippen LogP contribution in [-0.2, 0) is 0 Å². The standard InChI is InChI=1S/C12H26N4/c1-11(15(3)4)13-9-7-8-10-14-12(2)16(5)6/h7-10H2,1-6H3. The van der Waals surface area contributed by atoms with Gasteiger partial charge in [-0.05, 0) is 26.7 Å². The lowest BCUT2D eigenvalue weighted by atomic mass is 10.3. The monoisotopic (exact) mass is 226 g/mol. The maximum atomic E-state index is 4.46. The molecule has 0 atom stereocenters. The van der Waals surface area contributed by atoms with Crippen molar-refractivity contribution < 1.29 is 0 Å². The molecule has 0 aromatic heterocycles. The maximum absolute atomic E-state index is 4.46. The molecule has 0 heterocycles. The normalized spacial score (nSPS) is 12.9. The van der Waals surface area contributed by atoms with Crippen LogP contribution in [-0.4, -0.2) is 62.8 Å². The molecule has 0 unspecified atom stereocenters. The van der Waals surface area contributed by atoms with Crippen molar-refractivity contribution in [3.05, 3.63) is 0 Å². The van der Waals surface area contributed by atoms with E-state index in [1.165, 1.54) is 0 Å². The fourth-order valence-electron chi connectivity index (χ4n) is 0.988. The van der Waals surface area contributed by atoms with Crippen LogP contribution in [0.5, 0.6) is 0 Å². The number of hydrogen-bond acceptors (Lipinski definition) is 2. The van der Waals surface area contributed by atoms with Crippen molar-refractivity contribution in [2.45, 2.75) is 26.7 Å². The van der Waals surface area contributed by atoms with Crippen LogP contribution in [0.3, 0.4) is 0 Å². The summed E-state index contributed by atoms with van der Waals surface area (Å²) in [6.45, 7) is 5.88. The lowest BCUT2D eigenvalue weighted by molar-refractivity contribution is 0.605. The van der Waals surface area contributed by atoms with Gasteiger partial charge < -0.3 is 9.80 Å². The van der Waals surface area contributed by atoms with Crippen molar-refractivity contribution in [3.63, 3.8) is 0 Å². The van der Waals surface area contributed by atoms with E-state index in [0.29, 0.717) is 0 Å². The minimum Gasteiger partial charge on any atom is -0.367 e. The van der Waals surface area contributed by atoms with Gasteiger partial charge in [0.05, 0.1) is 11.7 Å². The molecule has 0 fully saturated rings. The van der Waals surface area contributed by atoms with Crippen LogP contribution in [0.25, 0.3) is 0 Å². The maximum Gasteiger partial charge on any atom is 0.0952 e. The Labute approximate surface area is 100 Å². The fraction of sp³-hybridized carbons (Fsp3) is 0.833. The van der Waals surface area contributed by atoms with Gasteiger partial charge in [0.1, 0.15) is 0 Å². The zero-order chi connectivity index (χ0) is 12.6. The summed E-state index contributed by atoms with van der Waals surface area (Å²) < 4.78 is 0. The molecule has 0 aliphatic rings. The molecular formula is C12H26N4. The first-order valence-corrected chi connectivity index (χ1v) is 5.82. The van der Waals surface area contributed by atoms with E-state index in [-0.39, 0.29) is 0 Å². The van der Waals surface area contributed by atoms with Gasteiger partial charge in [0.25, 0.3) is 0 Å². The van der Waals surface area contributed by atoms with Crippen LogP contribution in [0.4, 0.5) is 0 Å². The average Bonchev–Trinajstić information content (AvgIpc) is 2.21. The summed E-state index contributed by atoms with van der Waals surface area (Å²) in [7, 11) is 8.07. The number of nitrogens with zero attached hydrogens (tertiary/aromatic N) is 4. The average molecular weight is 226 g/mol. The minimum atomic E-state index is 0.903. The van der Waals surface area contributed by atoms with Gasteiger partial charge in [-0.15, -0.1) is 0 Å². The van der Waals surface area contributed by atoms with Gasteiger partial charge in [0.15, 0.2) is 0 Å². The van der Waals surface area contributed by atoms with Gasteiger partial charge in [0.2, 0.25) is 0 Å². The minimum absolute atomic E-state index is 0.903. The molecule has 4 heteroatoms.